The molecule has 0 unspecified atom stereocenters. The summed E-state index contributed by atoms with van der Waals surface area (Å²) < 4.78 is 0. The summed E-state index contributed by atoms with van der Waals surface area (Å²) in [5.41, 5.74) is 0.423. The number of nitrogens with one attached hydrogen (secondary N) is 2. The number of hydrogen-bond donors (Lipinski definition) is 4. The highest BCUT2D eigenvalue weighted by Gasteiger charge is 2.23. The third kappa shape index (κ3) is 7.38. The molecule has 2 atom stereocenters. The Morgan fingerprint density at radius 3 is 1.21 bits per heavy atom. The maximum absolute atomic E-state index is 12.3. The van der Waals surface area contributed by atoms with Crippen LogP contribution in [0.1, 0.15) is 61.3 Å². The van der Waals surface area contributed by atoms with Gasteiger partial charge in [-0.1, -0.05) is 27.7 Å². The van der Waals surface area contributed by atoms with Crippen LogP contribution < -0.4 is 10.6 Å². The molecule has 8 nitrogen and oxygen atoms in total. The first-order valence-electron chi connectivity index (χ1n) is 9.18. The molecule has 1 rings (SSSR count). The number of carboxylic acid groups (broad SMARTS) is 2. The number of aliphatic carboxylic acids is 2. The molecule has 1 aromatic carbocycles. The van der Waals surface area contributed by atoms with Crippen molar-refractivity contribution >= 4 is 23.8 Å². The van der Waals surface area contributed by atoms with Gasteiger partial charge in [-0.25, -0.2) is 9.59 Å². The van der Waals surface area contributed by atoms with Crippen LogP contribution in [0.5, 0.6) is 0 Å². The highest BCUT2D eigenvalue weighted by Crippen LogP contribution is 2.10. The fraction of sp³-hybridized carbons (Fsp3) is 0.500. The molecule has 28 heavy (non-hydrogen) atoms. The minimum Gasteiger partial charge on any atom is -0.480 e. The number of benzene rings is 1. The quantitative estimate of drug-likeness (QED) is 0.482. The van der Waals surface area contributed by atoms with Gasteiger partial charge in [0.25, 0.3) is 11.8 Å². The lowest BCUT2D eigenvalue weighted by atomic mass is 10.0. The molecule has 0 radical (unpaired) electrons. The predicted octanol–water partition coefficient (Wildman–Crippen LogP) is 2.14. The zero-order valence-corrected chi connectivity index (χ0v) is 16.6. The van der Waals surface area contributed by atoms with Gasteiger partial charge in [-0.3, -0.25) is 9.59 Å². The summed E-state index contributed by atoms with van der Waals surface area (Å²) in [4.78, 5) is 47.0. The third-order valence-corrected chi connectivity index (χ3v) is 4.03. The van der Waals surface area contributed by atoms with Crippen molar-refractivity contribution < 1.29 is 29.4 Å². The lowest BCUT2D eigenvalue weighted by Gasteiger charge is -2.17. The summed E-state index contributed by atoms with van der Waals surface area (Å²) in [7, 11) is 0. The van der Waals surface area contributed by atoms with Crippen molar-refractivity contribution in [3.63, 3.8) is 0 Å². The largest absolute Gasteiger partial charge is 0.480 e. The van der Waals surface area contributed by atoms with E-state index in [0.29, 0.717) is 12.8 Å². The van der Waals surface area contributed by atoms with Crippen LogP contribution in [-0.4, -0.2) is 46.0 Å². The Morgan fingerprint density at radius 1 is 0.714 bits per heavy atom. The van der Waals surface area contributed by atoms with Gasteiger partial charge < -0.3 is 20.8 Å². The summed E-state index contributed by atoms with van der Waals surface area (Å²) in [5.74, 6) is -3.13. The molecule has 0 heterocycles. The zero-order valence-electron chi connectivity index (χ0n) is 16.6. The van der Waals surface area contributed by atoms with E-state index in [-0.39, 0.29) is 23.0 Å². The molecule has 154 valence electrons. The van der Waals surface area contributed by atoms with Gasteiger partial charge in [-0.05, 0) is 48.9 Å². The topological polar surface area (TPSA) is 133 Å². The van der Waals surface area contributed by atoms with Gasteiger partial charge in [0.15, 0.2) is 0 Å². The molecule has 1 aromatic rings. The van der Waals surface area contributed by atoms with E-state index in [9.17, 15) is 29.4 Å². The second-order valence-corrected chi connectivity index (χ2v) is 7.57. The van der Waals surface area contributed by atoms with Gasteiger partial charge in [0.2, 0.25) is 0 Å². The van der Waals surface area contributed by atoms with Crippen molar-refractivity contribution in [2.24, 2.45) is 11.8 Å². The summed E-state index contributed by atoms with van der Waals surface area (Å²) in [6, 6.07) is 3.60. The van der Waals surface area contributed by atoms with Crippen molar-refractivity contribution in [2.45, 2.75) is 52.6 Å². The van der Waals surface area contributed by atoms with Crippen LogP contribution in [0.4, 0.5) is 0 Å². The lowest BCUT2D eigenvalue weighted by molar-refractivity contribution is -0.140. The molecule has 0 fully saturated rings. The van der Waals surface area contributed by atoms with Gasteiger partial charge in [0, 0.05) is 11.1 Å². The first-order valence-corrected chi connectivity index (χ1v) is 9.18. The second kappa shape index (κ2) is 10.4. The van der Waals surface area contributed by atoms with E-state index >= 15 is 0 Å². The molecule has 0 saturated heterocycles. The predicted molar refractivity (Wildman–Crippen MR) is 103 cm³/mol. The van der Waals surface area contributed by atoms with Crippen molar-refractivity contribution in [1.82, 2.24) is 10.6 Å². The van der Waals surface area contributed by atoms with Crippen LogP contribution in [-0.2, 0) is 9.59 Å². The van der Waals surface area contributed by atoms with Crippen LogP contribution >= 0.6 is 0 Å². The van der Waals surface area contributed by atoms with E-state index in [4.69, 9.17) is 0 Å². The summed E-state index contributed by atoms with van der Waals surface area (Å²) in [6.45, 7) is 7.44. The molecule has 8 heteroatoms. The summed E-state index contributed by atoms with van der Waals surface area (Å²) in [6.07, 6.45) is 0.599. The van der Waals surface area contributed by atoms with E-state index in [0.717, 1.165) is 0 Å². The molecule has 0 saturated carbocycles. The van der Waals surface area contributed by atoms with Crippen molar-refractivity contribution in [1.29, 1.82) is 0 Å². The lowest BCUT2D eigenvalue weighted by Crippen LogP contribution is -2.42. The Labute approximate surface area is 164 Å². The zero-order chi connectivity index (χ0) is 21.4. The minimum absolute atomic E-state index is 0.0977. The molecule has 4 N–H and O–H groups in total. The molecule has 0 aliphatic heterocycles. The van der Waals surface area contributed by atoms with Crippen molar-refractivity contribution in [2.75, 3.05) is 0 Å². The average molecular weight is 392 g/mol. The first-order chi connectivity index (χ1) is 13.0. The fourth-order valence-electron chi connectivity index (χ4n) is 2.64. The van der Waals surface area contributed by atoms with E-state index in [2.05, 4.69) is 10.6 Å². The Morgan fingerprint density at radius 2 is 1.00 bits per heavy atom. The normalized spacial score (nSPS) is 13.1. The smallest absolute Gasteiger partial charge is 0.326 e. The molecule has 0 spiro atoms. The first kappa shape index (κ1) is 23.1. The highest BCUT2D eigenvalue weighted by molar-refractivity contribution is 5.99. The third-order valence-electron chi connectivity index (χ3n) is 4.03. The van der Waals surface area contributed by atoms with Gasteiger partial charge in [0.1, 0.15) is 12.1 Å². The van der Waals surface area contributed by atoms with Gasteiger partial charge in [-0.15, -0.1) is 0 Å². The standard InChI is InChI=1S/C20H28N2O6/c1-11(2)9-15(19(25)26)21-17(23)13-5-7-14(8-6-13)18(24)22-16(20(27)28)10-12(3)4/h5-8,11-12,15-16H,9-10H2,1-4H3,(H,21,23)(H,22,24)(H,25,26)(H,27,28)/t15-,16-/m1/s1. The number of amides is 2. The van der Waals surface area contributed by atoms with Crippen LogP contribution in [0.15, 0.2) is 24.3 Å². The number of carbonyl (C=O) groups is 4. The molecular weight excluding hydrogens is 364 g/mol. The Bertz CT molecular complexity index is 651. The van der Waals surface area contributed by atoms with Gasteiger partial charge >= 0.3 is 11.9 Å². The summed E-state index contributed by atoms with van der Waals surface area (Å²) >= 11 is 0. The van der Waals surface area contributed by atoms with E-state index in [1.807, 2.05) is 27.7 Å². The SMILES string of the molecule is CC(C)C[C@@H](NC(=O)c1ccc(C(=O)N[C@H](CC(C)C)C(=O)O)cc1)C(=O)O. The minimum atomic E-state index is -1.11. The fourth-order valence-corrected chi connectivity index (χ4v) is 2.64. The average Bonchev–Trinajstić information content (AvgIpc) is 2.59. The van der Waals surface area contributed by atoms with Crippen molar-refractivity contribution in [3.05, 3.63) is 35.4 Å². The second-order valence-electron chi connectivity index (χ2n) is 7.57. The number of rotatable bonds is 10. The molecule has 0 aliphatic rings. The molecule has 2 amide bonds. The molecule has 0 bridgehead atoms. The Hall–Kier alpha value is -2.90. The molecular formula is C20H28N2O6. The number of carbonyl (C=O) groups excluding carboxylic acids is 2. The maximum Gasteiger partial charge on any atom is 0.326 e. The Balaban J connectivity index is 2.81. The van der Waals surface area contributed by atoms with Gasteiger partial charge in [-0.2, -0.15) is 0 Å². The van der Waals surface area contributed by atoms with E-state index < -0.39 is 35.8 Å². The monoisotopic (exact) mass is 392 g/mol. The van der Waals surface area contributed by atoms with E-state index in [1.54, 1.807) is 0 Å². The number of hydrogen-bond acceptors (Lipinski definition) is 4. The number of carboxylic acids is 2. The molecule has 0 aromatic heterocycles. The van der Waals surface area contributed by atoms with E-state index in [1.165, 1.54) is 24.3 Å². The van der Waals surface area contributed by atoms with Crippen molar-refractivity contribution in [3.8, 4) is 0 Å². The summed E-state index contributed by atoms with van der Waals surface area (Å²) in [5, 5.41) is 23.4. The van der Waals surface area contributed by atoms with Gasteiger partial charge in [0.05, 0.1) is 0 Å². The maximum atomic E-state index is 12.3. The van der Waals surface area contributed by atoms with Crippen LogP contribution in [0.25, 0.3) is 0 Å². The van der Waals surface area contributed by atoms with Crippen LogP contribution in [0, 0.1) is 11.8 Å². The molecule has 0 aliphatic carbocycles. The van der Waals surface area contributed by atoms with Crippen LogP contribution in [0.2, 0.25) is 0 Å². The highest BCUT2D eigenvalue weighted by atomic mass is 16.4. The van der Waals surface area contributed by atoms with Crippen LogP contribution in [0.3, 0.4) is 0 Å². The Kier molecular flexibility index (Phi) is 8.63.